The number of nitrogens with one attached hydrogen (secondary N) is 6. The van der Waals surface area contributed by atoms with Crippen LogP contribution < -0.4 is 32.3 Å². The summed E-state index contributed by atoms with van der Waals surface area (Å²) in [6.45, 7) is 13.1. The Hall–Kier alpha value is -4.53. The van der Waals surface area contributed by atoms with E-state index in [1.165, 1.54) is 0 Å². The number of aryl methyl sites for hydroxylation is 1. The fourth-order valence-corrected chi connectivity index (χ4v) is 4.88. The van der Waals surface area contributed by atoms with Crippen molar-refractivity contribution in [2.75, 3.05) is 6.61 Å². The van der Waals surface area contributed by atoms with Crippen molar-refractivity contribution >= 4 is 41.4 Å². The van der Waals surface area contributed by atoms with Crippen molar-refractivity contribution in [1.29, 1.82) is 0 Å². The van der Waals surface area contributed by atoms with Crippen LogP contribution in [0.5, 0.6) is 0 Å². The van der Waals surface area contributed by atoms with E-state index in [9.17, 15) is 38.7 Å². The van der Waals surface area contributed by atoms with Gasteiger partial charge < -0.3 is 36.8 Å². The highest BCUT2D eigenvalue weighted by Gasteiger charge is 2.38. The lowest BCUT2D eigenvalue weighted by Crippen LogP contribution is -2.62. The second kappa shape index (κ2) is 19.5. The van der Waals surface area contributed by atoms with Crippen molar-refractivity contribution in [2.24, 2.45) is 17.3 Å². The standard InChI is InChI=1S/C34H53N6O9/c1-18(2)15-22(29(35)45)37-33(49)28(34(6,7)8)40-30(46)23(16-21-12-10-9-11-20(21)5)38-32(48)27(19(3)4)39-31(47)24(17-41)36-25(42)13-14-26(43)44/h9-12,18-19,22-24,27-28,35,41H,13-17H2,1-8H3,(H,36,42)(H,37,49)(H,38,48)(H,39,47)(H,40,46)(H,43,44)/t22-,23-,24-,27+,28+/m0/s1. The smallest absolute Gasteiger partial charge is 0.303 e. The zero-order valence-corrected chi connectivity index (χ0v) is 29.6. The molecule has 0 aromatic heterocycles. The number of aliphatic carboxylic acids is 1. The first kappa shape index (κ1) is 42.5. The number of carbonyl (C=O) groups is 7. The van der Waals surface area contributed by atoms with Gasteiger partial charge >= 0.3 is 5.97 Å². The van der Waals surface area contributed by atoms with Gasteiger partial charge in [0.15, 0.2) is 0 Å². The average Bonchev–Trinajstić information content (AvgIpc) is 2.99. The fraction of sp³-hybridized carbons (Fsp3) is 0.618. The van der Waals surface area contributed by atoms with Crippen molar-refractivity contribution in [1.82, 2.24) is 32.3 Å². The van der Waals surface area contributed by atoms with E-state index in [1.54, 1.807) is 46.8 Å². The van der Waals surface area contributed by atoms with E-state index in [2.05, 4.69) is 26.6 Å². The van der Waals surface area contributed by atoms with Crippen molar-refractivity contribution < 1.29 is 43.8 Å². The van der Waals surface area contributed by atoms with Crippen LogP contribution >= 0.6 is 0 Å². The molecule has 0 heterocycles. The lowest BCUT2D eigenvalue weighted by molar-refractivity contribution is -0.139. The Bertz CT molecular complexity index is 1340. The Morgan fingerprint density at radius 3 is 1.82 bits per heavy atom. The topological polar surface area (TPSA) is 244 Å². The number of carboxylic acid groups (broad SMARTS) is 1. The lowest BCUT2D eigenvalue weighted by Gasteiger charge is -2.33. The molecule has 15 heteroatoms. The summed E-state index contributed by atoms with van der Waals surface area (Å²) >= 11 is 0. The van der Waals surface area contributed by atoms with Gasteiger partial charge in [-0.15, -0.1) is 0 Å². The normalized spacial score (nSPS) is 14.5. The molecule has 0 saturated carbocycles. The van der Waals surface area contributed by atoms with E-state index in [0.717, 1.165) is 11.1 Å². The Labute approximate surface area is 287 Å². The van der Waals surface area contributed by atoms with E-state index < -0.39 is 102 Å². The minimum atomic E-state index is -1.47. The maximum absolute atomic E-state index is 13.9. The molecule has 1 aromatic carbocycles. The highest BCUT2D eigenvalue weighted by Crippen LogP contribution is 2.21. The van der Waals surface area contributed by atoms with E-state index in [-0.39, 0.29) is 18.8 Å². The van der Waals surface area contributed by atoms with Gasteiger partial charge in [0.05, 0.1) is 13.0 Å². The molecule has 1 radical (unpaired) electrons. The van der Waals surface area contributed by atoms with Gasteiger partial charge in [0.1, 0.15) is 30.2 Å². The molecular formula is C34H53N6O9. The summed E-state index contributed by atoms with van der Waals surface area (Å²) in [6.07, 6.45) is -0.655. The number of carboxylic acids is 1. The van der Waals surface area contributed by atoms with Crippen LogP contribution in [0, 0.1) is 24.2 Å². The number of rotatable bonds is 19. The quantitative estimate of drug-likeness (QED) is 0.106. The number of amides is 6. The molecule has 0 fully saturated rings. The molecule has 15 nitrogen and oxygen atoms in total. The summed E-state index contributed by atoms with van der Waals surface area (Å²) in [7, 11) is 0. The summed E-state index contributed by atoms with van der Waals surface area (Å²) in [5, 5.41) is 31.3. The van der Waals surface area contributed by atoms with Crippen LogP contribution in [-0.2, 0) is 40.0 Å². The van der Waals surface area contributed by atoms with Gasteiger partial charge in [-0.1, -0.05) is 72.7 Å². The number of benzene rings is 1. The Morgan fingerprint density at radius 1 is 0.755 bits per heavy atom. The van der Waals surface area contributed by atoms with Gasteiger partial charge in [-0.3, -0.25) is 39.3 Å². The molecule has 1 aromatic rings. The number of hydrogen-bond donors (Lipinski definition) is 7. The van der Waals surface area contributed by atoms with Crippen LogP contribution in [0.2, 0.25) is 0 Å². The molecule has 5 atom stereocenters. The number of hydrogen-bond acceptors (Lipinski definition) is 8. The SMILES string of the molecule is Cc1ccccc1C[C@H](NC(=O)[C@H](NC(=O)[C@H](CO)NC(=O)CCC(=O)O)C(C)C)C(=O)N[C@H](C(=O)N[C@@H](CC(C)C)C([NH])=O)C(C)(C)C. The Kier molecular flexibility index (Phi) is 16.9. The molecule has 0 aliphatic rings. The molecule has 6 amide bonds. The summed E-state index contributed by atoms with van der Waals surface area (Å²) in [5.41, 5.74) is 8.32. The molecule has 0 saturated heterocycles. The molecule has 0 bridgehead atoms. The number of carbonyl (C=O) groups excluding carboxylic acids is 6. The zero-order chi connectivity index (χ0) is 37.6. The third kappa shape index (κ3) is 14.6. The maximum Gasteiger partial charge on any atom is 0.303 e. The van der Waals surface area contributed by atoms with Crippen LogP contribution in [-0.4, -0.2) is 88.4 Å². The highest BCUT2D eigenvalue weighted by molar-refractivity contribution is 5.96. The molecular weight excluding hydrogens is 636 g/mol. The van der Waals surface area contributed by atoms with Gasteiger partial charge in [0, 0.05) is 12.8 Å². The first-order valence-electron chi connectivity index (χ1n) is 16.3. The molecule has 1 rings (SSSR count). The van der Waals surface area contributed by atoms with E-state index in [4.69, 9.17) is 10.8 Å². The first-order valence-corrected chi connectivity index (χ1v) is 16.3. The van der Waals surface area contributed by atoms with E-state index >= 15 is 0 Å². The lowest BCUT2D eigenvalue weighted by atomic mass is 9.85. The molecule has 0 spiro atoms. The number of aliphatic hydroxyl groups is 1. The molecule has 49 heavy (non-hydrogen) atoms. The van der Waals surface area contributed by atoms with Crippen LogP contribution in [0.4, 0.5) is 0 Å². The second-order valence-electron chi connectivity index (χ2n) is 14.0. The summed E-state index contributed by atoms with van der Waals surface area (Å²) in [5.74, 6) is -6.50. The third-order valence-electron chi connectivity index (χ3n) is 7.72. The van der Waals surface area contributed by atoms with Crippen molar-refractivity contribution in [3.8, 4) is 0 Å². The Balaban J connectivity index is 3.34. The fourth-order valence-electron chi connectivity index (χ4n) is 4.88. The predicted octanol–water partition coefficient (Wildman–Crippen LogP) is 0.376. The van der Waals surface area contributed by atoms with Gasteiger partial charge in [0.25, 0.3) is 5.91 Å². The van der Waals surface area contributed by atoms with Crippen molar-refractivity contribution in [3.05, 3.63) is 35.4 Å². The monoisotopic (exact) mass is 689 g/mol. The molecule has 0 aliphatic carbocycles. The highest BCUT2D eigenvalue weighted by atomic mass is 16.4. The summed E-state index contributed by atoms with van der Waals surface area (Å²) in [4.78, 5) is 89.0. The van der Waals surface area contributed by atoms with Crippen LogP contribution in [0.1, 0.15) is 78.9 Å². The molecule has 273 valence electrons. The first-order chi connectivity index (χ1) is 22.7. The second-order valence-corrected chi connectivity index (χ2v) is 14.0. The van der Waals surface area contributed by atoms with Crippen LogP contribution in [0.3, 0.4) is 0 Å². The van der Waals surface area contributed by atoms with Crippen molar-refractivity contribution in [3.63, 3.8) is 0 Å². The molecule has 0 aliphatic heterocycles. The Morgan fingerprint density at radius 2 is 1.33 bits per heavy atom. The summed E-state index contributed by atoms with van der Waals surface area (Å²) < 4.78 is 0. The van der Waals surface area contributed by atoms with Crippen LogP contribution in [0.25, 0.3) is 0 Å². The minimum absolute atomic E-state index is 0.00578. The van der Waals surface area contributed by atoms with Gasteiger partial charge in [-0.05, 0) is 41.7 Å². The largest absolute Gasteiger partial charge is 0.481 e. The predicted molar refractivity (Wildman–Crippen MR) is 180 cm³/mol. The van der Waals surface area contributed by atoms with Gasteiger partial charge in [-0.2, -0.15) is 0 Å². The summed E-state index contributed by atoms with van der Waals surface area (Å²) in [6, 6.07) is 1.03. The van der Waals surface area contributed by atoms with E-state index in [0.29, 0.717) is 0 Å². The van der Waals surface area contributed by atoms with Gasteiger partial charge in [-0.25, -0.2) is 0 Å². The van der Waals surface area contributed by atoms with Crippen molar-refractivity contribution in [2.45, 2.75) is 111 Å². The number of aliphatic hydroxyl groups excluding tert-OH is 1. The molecule has 0 unspecified atom stereocenters. The van der Waals surface area contributed by atoms with Crippen LogP contribution in [0.15, 0.2) is 24.3 Å². The van der Waals surface area contributed by atoms with E-state index in [1.807, 2.05) is 32.9 Å². The maximum atomic E-state index is 13.9. The molecule has 8 N–H and O–H groups in total. The van der Waals surface area contributed by atoms with Gasteiger partial charge in [0.2, 0.25) is 29.5 Å². The minimum Gasteiger partial charge on any atom is -0.481 e. The zero-order valence-electron chi connectivity index (χ0n) is 29.6. The third-order valence-corrected chi connectivity index (χ3v) is 7.72. The average molecular weight is 690 g/mol.